The van der Waals surface area contributed by atoms with Crippen molar-refractivity contribution in [2.75, 3.05) is 36.9 Å². The van der Waals surface area contributed by atoms with Crippen LogP contribution in [0, 0.1) is 5.82 Å². The maximum atomic E-state index is 13.5. The van der Waals surface area contributed by atoms with Crippen LogP contribution in [0.1, 0.15) is 39.0 Å². The van der Waals surface area contributed by atoms with Gasteiger partial charge >= 0.3 is 0 Å². The number of anilines is 3. The Balaban J connectivity index is 1.52. The largest absolute Gasteiger partial charge is 0.492 e. The average Bonchev–Trinajstić information content (AvgIpc) is 2.83. The molecule has 8 heteroatoms. The molecule has 0 aliphatic carbocycles. The van der Waals surface area contributed by atoms with E-state index in [9.17, 15) is 9.18 Å². The van der Waals surface area contributed by atoms with Gasteiger partial charge in [-0.15, -0.1) is 0 Å². The Bertz CT molecular complexity index is 1150. The molecule has 34 heavy (non-hydrogen) atoms. The third-order valence-electron chi connectivity index (χ3n) is 5.95. The summed E-state index contributed by atoms with van der Waals surface area (Å²) in [6.45, 7) is 5.59. The monoisotopic (exact) mass is 484 g/mol. The van der Waals surface area contributed by atoms with Crippen molar-refractivity contribution in [1.82, 2.24) is 9.88 Å². The molecule has 0 spiro atoms. The van der Waals surface area contributed by atoms with Gasteiger partial charge in [0.05, 0.1) is 17.3 Å². The molecule has 3 aromatic rings. The van der Waals surface area contributed by atoms with E-state index in [2.05, 4.69) is 20.5 Å². The van der Waals surface area contributed by atoms with Gasteiger partial charge in [0.2, 0.25) is 5.91 Å². The Hall–Kier alpha value is -2.90. The number of carbonyl (C=O) groups excluding carboxylic acids is 1. The number of ether oxygens (including phenoxy) is 1. The highest BCUT2D eigenvalue weighted by molar-refractivity contribution is 6.31. The lowest BCUT2D eigenvalue weighted by Gasteiger charge is -2.26. The highest BCUT2D eigenvalue weighted by Crippen LogP contribution is 2.35. The minimum absolute atomic E-state index is 0.0291. The first-order valence-corrected chi connectivity index (χ1v) is 12.2. The molecule has 4 rings (SSSR count). The molecule has 1 saturated heterocycles. The van der Waals surface area contributed by atoms with Gasteiger partial charge in [-0.05, 0) is 87.6 Å². The first-order chi connectivity index (χ1) is 16.5. The van der Waals surface area contributed by atoms with Crippen molar-refractivity contribution in [1.29, 1.82) is 0 Å². The zero-order valence-corrected chi connectivity index (χ0v) is 20.1. The summed E-state index contributed by atoms with van der Waals surface area (Å²) in [6, 6.07) is 10.1. The number of likely N-dealkylation sites (tertiary alicyclic amines) is 1. The number of pyridine rings is 1. The first kappa shape index (κ1) is 24.2. The second-order valence-electron chi connectivity index (χ2n) is 8.47. The molecule has 2 N–H and O–H groups in total. The highest BCUT2D eigenvalue weighted by atomic mass is 35.5. The first-order valence-electron chi connectivity index (χ1n) is 11.8. The van der Waals surface area contributed by atoms with Gasteiger partial charge in [-0.2, -0.15) is 0 Å². The molecule has 180 valence electrons. The summed E-state index contributed by atoms with van der Waals surface area (Å²) >= 11 is 5.93. The lowest BCUT2D eigenvalue weighted by Crippen LogP contribution is -2.31. The van der Waals surface area contributed by atoms with Crippen LogP contribution in [0.5, 0.6) is 5.75 Å². The van der Waals surface area contributed by atoms with Crippen LogP contribution in [0.2, 0.25) is 5.02 Å². The number of hydrogen-bond donors (Lipinski definition) is 2. The van der Waals surface area contributed by atoms with Gasteiger partial charge in [0.1, 0.15) is 17.4 Å². The number of piperidine rings is 1. The molecule has 1 aromatic heterocycles. The van der Waals surface area contributed by atoms with E-state index in [0.29, 0.717) is 36.0 Å². The van der Waals surface area contributed by atoms with E-state index in [1.807, 2.05) is 25.1 Å². The number of fused-ring (bicyclic) bond motifs is 1. The normalized spacial score (nSPS) is 14.2. The summed E-state index contributed by atoms with van der Waals surface area (Å²) in [5, 5.41) is 7.95. The van der Waals surface area contributed by atoms with E-state index in [0.717, 1.165) is 36.8 Å². The quantitative estimate of drug-likeness (QED) is 0.369. The molecule has 0 saturated carbocycles. The molecule has 0 atom stereocenters. The highest BCUT2D eigenvalue weighted by Gasteiger charge is 2.14. The molecule has 1 amide bonds. The third-order valence-corrected chi connectivity index (χ3v) is 6.24. The van der Waals surface area contributed by atoms with Gasteiger partial charge in [-0.3, -0.25) is 4.79 Å². The molecule has 1 fully saturated rings. The van der Waals surface area contributed by atoms with E-state index >= 15 is 0 Å². The van der Waals surface area contributed by atoms with Gasteiger partial charge in [0.25, 0.3) is 0 Å². The standard InChI is InChI=1S/C26H30ClFN4O2/c1-2-34-24-15-18-10-11-29-26(30-19-8-9-22(28)21(27)16-19)20(18)17-23(24)31-25(33)7-6-14-32-12-4-3-5-13-32/h8-11,15-17H,2-7,12-14H2,1H3,(H,29,30)(H,31,33). The van der Waals surface area contributed by atoms with E-state index in [1.54, 1.807) is 12.3 Å². The second-order valence-corrected chi connectivity index (χ2v) is 8.88. The molecular formula is C26H30ClFN4O2. The fourth-order valence-electron chi connectivity index (χ4n) is 4.24. The third kappa shape index (κ3) is 6.15. The molecular weight excluding hydrogens is 455 g/mol. The van der Waals surface area contributed by atoms with Crippen molar-refractivity contribution < 1.29 is 13.9 Å². The molecule has 1 aliphatic rings. The Labute approximate surface area is 204 Å². The van der Waals surface area contributed by atoms with Crippen molar-refractivity contribution >= 4 is 45.5 Å². The molecule has 0 radical (unpaired) electrons. The van der Waals surface area contributed by atoms with E-state index in [4.69, 9.17) is 16.3 Å². The van der Waals surface area contributed by atoms with E-state index in [-0.39, 0.29) is 10.9 Å². The van der Waals surface area contributed by atoms with Crippen molar-refractivity contribution in [2.24, 2.45) is 0 Å². The number of carbonyl (C=O) groups is 1. The van der Waals surface area contributed by atoms with E-state index in [1.165, 1.54) is 31.4 Å². The summed E-state index contributed by atoms with van der Waals surface area (Å²) in [5.74, 6) is 0.663. The van der Waals surface area contributed by atoms with Crippen LogP contribution in [0.25, 0.3) is 10.8 Å². The molecule has 0 bridgehead atoms. The Morgan fingerprint density at radius 2 is 2.00 bits per heavy atom. The van der Waals surface area contributed by atoms with Crippen LogP contribution < -0.4 is 15.4 Å². The molecule has 0 unspecified atom stereocenters. The number of halogens is 2. The molecule has 1 aliphatic heterocycles. The summed E-state index contributed by atoms with van der Waals surface area (Å²) in [4.78, 5) is 19.6. The molecule has 2 heterocycles. The van der Waals surface area contributed by atoms with Crippen LogP contribution in [0.4, 0.5) is 21.6 Å². The Morgan fingerprint density at radius 1 is 1.18 bits per heavy atom. The van der Waals surface area contributed by atoms with Crippen LogP contribution >= 0.6 is 11.6 Å². The van der Waals surface area contributed by atoms with Crippen molar-refractivity contribution in [3.05, 3.63) is 53.4 Å². The fourth-order valence-corrected chi connectivity index (χ4v) is 4.42. The lowest BCUT2D eigenvalue weighted by molar-refractivity contribution is -0.116. The number of hydrogen-bond acceptors (Lipinski definition) is 5. The zero-order valence-electron chi connectivity index (χ0n) is 19.4. The van der Waals surface area contributed by atoms with Crippen molar-refractivity contribution in [3.8, 4) is 5.75 Å². The van der Waals surface area contributed by atoms with Gasteiger partial charge in [-0.1, -0.05) is 18.0 Å². The van der Waals surface area contributed by atoms with Crippen LogP contribution in [-0.2, 0) is 4.79 Å². The molecule has 6 nitrogen and oxygen atoms in total. The van der Waals surface area contributed by atoms with Crippen LogP contribution in [-0.4, -0.2) is 42.0 Å². The summed E-state index contributed by atoms with van der Waals surface area (Å²) in [6.07, 6.45) is 6.75. The minimum Gasteiger partial charge on any atom is -0.492 e. The van der Waals surface area contributed by atoms with Gasteiger partial charge in [0, 0.05) is 23.7 Å². The Morgan fingerprint density at radius 3 is 2.76 bits per heavy atom. The SMILES string of the molecule is CCOc1cc2ccnc(Nc3ccc(F)c(Cl)c3)c2cc1NC(=O)CCCN1CCCCC1. The minimum atomic E-state index is -0.482. The zero-order chi connectivity index (χ0) is 23.9. The van der Waals surface area contributed by atoms with Crippen LogP contribution in [0.15, 0.2) is 42.6 Å². The number of benzene rings is 2. The number of amides is 1. The van der Waals surface area contributed by atoms with Crippen molar-refractivity contribution in [2.45, 2.75) is 39.0 Å². The summed E-state index contributed by atoms with van der Waals surface area (Å²) in [7, 11) is 0. The number of nitrogens with zero attached hydrogens (tertiary/aromatic N) is 2. The maximum Gasteiger partial charge on any atom is 0.224 e. The fraction of sp³-hybridized carbons (Fsp3) is 0.385. The van der Waals surface area contributed by atoms with Gasteiger partial charge in [-0.25, -0.2) is 9.37 Å². The Kier molecular flexibility index (Phi) is 8.19. The average molecular weight is 485 g/mol. The summed E-state index contributed by atoms with van der Waals surface area (Å²) in [5.41, 5.74) is 1.22. The molecule has 2 aromatic carbocycles. The predicted molar refractivity (Wildman–Crippen MR) is 136 cm³/mol. The number of nitrogens with one attached hydrogen (secondary N) is 2. The summed E-state index contributed by atoms with van der Waals surface area (Å²) < 4.78 is 19.4. The maximum absolute atomic E-state index is 13.5. The van der Waals surface area contributed by atoms with Gasteiger partial charge < -0.3 is 20.3 Å². The second kappa shape index (κ2) is 11.5. The number of rotatable bonds is 9. The smallest absolute Gasteiger partial charge is 0.224 e. The number of aromatic nitrogens is 1. The predicted octanol–water partition coefficient (Wildman–Crippen LogP) is 6.37. The van der Waals surface area contributed by atoms with E-state index < -0.39 is 5.82 Å². The topological polar surface area (TPSA) is 66.5 Å². The van der Waals surface area contributed by atoms with Crippen molar-refractivity contribution in [3.63, 3.8) is 0 Å². The lowest BCUT2D eigenvalue weighted by atomic mass is 10.1. The van der Waals surface area contributed by atoms with Crippen LogP contribution in [0.3, 0.4) is 0 Å². The van der Waals surface area contributed by atoms with Gasteiger partial charge in [0.15, 0.2) is 0 Å².